The molecule has 1 aliphatic heterocycles. The summed E-state index contributed by atoms with van der Waals surface area (Å²) >= 11 is 0. The molecule has 4 atom stereocenters. The fourth-order valence-electron chi connectivity index (χ4n) is 4.71. The van der Waals surface area contributed by atoms with Crippen LogP contribution in [0.3, 0.4) is 0 Å². The first-order valence-electron chi connectivity index (χ1n) is 8.91. The van der Waals surface area contributed by atoms with Gasteiger partial charge in [0.15, 0.2) is 0 Å². The van der Waals surface area contributed by atoms with Crippen LogP contribution in [0.15, 0.2) is 0 Å². The van der Waals surface area contributed by atoms with Gasteiger partial charge in [-0.05, 0) is 64.7 Å². The topological polar surface area (TPSA) is 58.4 Å². The van der Waals surface area contributed by atoms with Crippen molar-refractivity contribution < 1.29 is 4.79 Å². The van der Waals surface area contributed by atoms with Crippen LogP contribution in [-0.4, -0.2) is 40.5 Å². The molecule has 4 unspecified atom stereocenters. The van der Waals surface area contributed by atoms with Crippen LogP contribution in [0.4, 0.5) is 0 Å². The first-order valence-corrected chi connectivity index (χ1v) is 8.91. The van der Waals surface area contributed by atoms with Gasteiger partial charge in [-0.2, -0.15) is 0 Å². The van der Waals surface area contributed by atoms with Crippen molar-refractivity contribution in [2.75, 3.05) is 0 Å². The van der Waals surface area contributed by atoms with Crippen molar-refractivity contribution in [1.29, 1.82) is 0 Å². The van der Waals surface area contributed by atoms with E-state index in [0.717, 1.165) is 19.3 Å². The second-order valence-corrected chi connectivity index (χ2v) is 7.55. The molecular weight excluding hydrogens is 262 g/mol. The standard InChI is InChI=1S/C17H31N3O/c1-3-14-9-6-12(2)20(14)15-5-4-10-17(11-15,16(18)21)19-13-7-8-13/h12-15,19H,3-11H2,1-2H3,(H2,18,21). The minimum Gasteiger partial charge on any atom is -0.368 e. The van der Waals surface area contributed by atoms with Crippen LogP contribution in [0.1, 0.15) is 71.6 Å². The van der Waals surface area contributed by atoms with Crippen molar-refractivity contribution in [3.63, 3.8) is 0 Å². The number of carbonyl (C=O) groups is 1. The molecule has 1 amide bonds. The van der Waals surface area contributed by atoms with Gasteiger partial charge in [-0.15, -0.1) is 0 Å². The third kappa shape index (κ3) is 2.98. The van der Waals surface area contributed by atoms with Crippen LogP contribution in [-0.2, 0) is 4.79 Å². The van der Waals surface area contributed by atoms with Crippen LogP contribution < -0.4 is 11.1 Å². The summed E-state index contributed by atoms with van der Waals surface area (Å²) in [5.41, 5.74) is 5.38. The summed E-state index contributed by atoms with van der Waals surface area (Å²) in [6, 6.07) is 2.42. The molecular formula is C17H31N3O. The quantitative estimate of drug-likeness (QED) is 0.817. The maximum atomic E-state index is 12.2. The summed E-state index contributed by atoms with van der Waals surface area (Å²) in [6.07, 6.45) is 10.4. The van der Waals surface area contributed by atoms with Gasteiger partial charge in [-0.1, -0.05) is 6.92 Å². The molecule has 1 saturated heterocycles. The zero-order chi connectivity index (χ0) is 15.0. The molecule has 2 aliphatic carbocycles. The number of hydrogen-bond acceptors (Lipinski definition) is 3. The van der Waals surface area contributed by atoms with Crippen molar-refractivity contribution in [2.45, 2.75) is 101 Å². The molecule has 120 valence electrons. The first kappa shape index (κ1) is 15.3. The molecule has 3 aliphatic rings. The largest absolute Gasteiger partial charge is 0.368 e. The van der Waals surface area contributed by atoms with E-state index < -0.39 is 5.54 Å². The number of amides is 1. The lowest BCUT2D eigenvalue weighted by atomic mass is 9.77. The van der Waals surface area contributed by atoms with Gasteiger partial charge in [0.25, 0.3) is 0 Å². The Morgan fingerprint density at radius 1 is 1.29 bits per heavy atom. The molecule has 4 heteroatoms. The van der Waals surface area contributed by atoms with Gasteiger partial charge in [0, 0.05) is 24.2 Å². The monoisotopic (exact) mass is 293 g/mol. The zero-order valence-electron chi connectivity index (χ0n) is 13.6. The highest BCUT2D eigenvalue weighted by molar-refractivity contribution is 5.85. The molecule has 2 saturated carbocycles. The average molecular weight is 293 g/mol. The van der Waals surface area contributed by atoms with Crippen LogP contribution in [0.5, 0.6) is 0 Å². The molecule has 0 spiro atoms. The number of primary amides is 1. The predicted octanol–water partition coefficient (Wildman–Crippen LogP) is 2.17. The predicted molar refractivity (Wildman–Crippen MR) is 85.0 cm³/mol. The Morgan fingerprint density at radius 2 is 2.05 bits per heavy atom. The lowest BCUT2D eigenvalue weighted by Gasteiger charge is -2.45. The maximum Gasteiger partial charge on any atom is 0.237 e. The van der Waals surface area contributed by atoms with Gasteiger partial charge in [0.2, 0.25) is 5.91 Å². The normalized spacial score (nSPS) is 41.3. The van der Waals surface area contributed by atoms with Crippen LogP contribution in [0, 0.1) is 0 Å². The van der Waals surface area contributed by atoms with E-state index in [9.17, 15) is 4.79 Å². The van der Waals surface area contributed by atoms with E-state index in [-0.39, 0.29) is 5.91 Å². The SMILES string of the molecule is CCC1CCC(C)N1C1CCCC(NC2CC2)(C(N)=O)C1. The Balaban J connectivity index is 1.75. The highest BCUT2D eigenvalue weighted by Crippen LogP contribution is 2.39. The lowest BCUT2D eigenvalue weighted by Crippen LogP contribution is -2.62. The van der Waals surface area contributed by atoms with Crippen molar-refractivity contribution in [1.82, 2.24) is 10.2 Å². The lowest BCUT2D eigenvalue weighted by molar-refractivity contribution is -0.127. The number of nitrogens with one attached hydrogen (secondary N) is 1. The molecule has 0 aromatic rings. The summed E-state index contributed by atoms with van der Waals surface area (Å²) in [5, 5.41) is 3.61. The maximum absolute atomic E-state index is 12.2. The third-order valence-corrected chi connectivity index (χ3v) is 6.00. The van der Waals surface area contributed by atoms with Crippen molar-refractivity contribution in [3.8, 4) is 0 Å². The van der Waals surface area contributed by atoms with Gasteiger partial charge < -0.3 is 11.1 Å². The smallest absolute Gasteiger partial charge is 0.237 e. The van der Waals surface area contributed by atoms with Crippen molar-refractivity contribution >= 4 is 5.91 Å². The van der Waals surface area contributed by atoms with E-state index >= 15 is 0 Å². The molecule has 1 heterocycles. The fourth-order valence-corrected chi connectivity index (χ4v) is 4.71. The Bertz CT molecular complexity index is 395. The third-order valence-electron chi connectivity index (χ3n) is 6.00. The zero-order valence-corrected chi connectivity index (χ0v) is 13.6. The number of carbonyl (C=O) groups excluding carboxylic acids is 1. The van der Waals surface area contributed by atoms with Crippen molar-refractivity contribution in [2.24, 2.45) is 5.73 Å². The Hall–Kier alpha value is -0.610. The van der Waals surface area contributed by atoms with Crippen LogP contribution in [0.2, 0.25) is 0 Å². The summed E-state index contributed by atoms with van der Waals surface area (Å²) < 4.78 is 0. The van der Waals surface area contributed by atoms with Gasteiger partial charge >= 0.3 is 0 Å². The number of rotatable bonds is 5. The first-order chi connectivity index (χ1) is 10.1. The van der Waals surface area contributed by atoms with E-state index in [1.165, 1.54) is 38.5 Å². The van der Waals surface area contributed by atoms with Gasteiger partial charge in [0.05, 0.1) is 5.54 Å². The minimum atomic E-state index is -0.440. The Labute approximate surface area is 128 Å². The fraction of sp³-hybridized carbons (Fsp3) is 0.941. The number of nitrogens with two attached hydrogens (primary N) is 1. The number of nitrogens with zero attached hydrogens (tertiary/aromatic N) is 1. The Kier molecular flexibility index (Phi) is 4.28. The molecule has 0 aromatic carbocycles. The van der Waals surface area contributed by atoms with E-state index in [0.29, 0.717) is 24.2 Å². The average Bonchev–Trinajstić information content (AvgIpc) is 3.19. The molecule has 21 heavy (non-hydrogen) atoms. The molecule has 3 rings (SSSR count). The molecule has 3 N–H and O–H groups in total. The van der Waals surface area contributed by atoms with Crippen molar-refractivity contribution in [3.05, 3.63) is 0 Å². The summed E-state index contributed by atoms with van der Waals surface area (Å²) in [6.45, 7) is 4.65. The molecule has 0 bridgehead atoms. The molecule has 0 radical (unpaired) electrons. The number of likely N-dealkylation sites (tertiary alicyclic amines) is 1. The van der Waals surface area contributed by atoms with E-state index in [2.05, 4.69) is 24.1 Å². The summed E-state index contributed by atoms with van der Waals surface area (Å²) in [4.78, 5) is 14.9. The highest BCUT2D eigenvalue weighted by Gasteiger charge is 2.47. The summed E-state index contributed by atoms with van der Waals surface area (Å²) in [7, 11) is 0. The summed E-state index contributed by atoms with van der Waals surface area (Å²) in [5.74, 6) is -0.126. The van der Waals surface area contributed by atoms with Gasteiger partial charge in [0.1, 0.15) is 0 Å². The second-order valence-electron chi connectivity index (χ2n) is 7.55. The van der Waals surface area contributed by atoms with Gasteiger partial charge in [-0.3, -0.25) is 9.69 Å². The van der Waals surface area contributed by atoms with Crippen LogP contribution >= 0.6 is 0 Å². The molecule has 3 fully saturated rings. The second kappa shape index (κ2) is 5.88. The highest BCUT2D eigenvalue weighted by atomic mass is 16.1. The number of hydrogen-bond donors (Lipinski definition) is 2. The molecule has 0 aromatic heterocycles. The van der Waals surface area contributed by atoms with E-state index in [4.69, 9.17) is 5.73 Å². The van der Waals surface area contributed by atoms with Crippen LogP contribution in [0.25, 0.3) is 0 Å². The Morgan fingerprint density at radius 3 is 2.67 bits per heavy atom. The van der Waals surface area contributed by atoms with E-state index in [1.807, 2.05) is 0 Å². The van der Waals surface area contributed by atoms with E-state index in [1.54, 1.807) is 0 Å². The molecule has 4 nitrogen and oxygen atoms in total. The minimum absolute atomic E-state index is 0.126. The van der Waals surface area contributed by atoms with Gasteiger partial charge in [-0.25, -0.2) is 0 Å².